The van der Waals surface area contributed by atoms with Crippen molar-refractivity contribution in [1.29, 1.82) is 5.26 Å². The van der Waals surface area contributed by atoms with E-state index in [2.05, 4.69) is 28.3 Å². The Labute approximate surface area is 151 Å². The molecule has 6 heteroatoms. The number of nitriles is 1. The lowest BCUT2D eigenvalue weighted by atomic mass is 10.0. The summed E-state index contributed by atoms with van der Waals surface area (Å²) in [5.41, 5.74) is 9.15. The van der Waals surface area contributed by atoms with Gasteiger partial charge in [-0.3, -0.25) is 4.79 Å². The number of carbonyl (C=O) groups is 1. The highest BCUT2D eigenvalue weighted by Gasteiger charge is 2.10. The minimum atomic E-state index is -0.239. The molecule has 2 aromatic heterocycles. The SMILES string of the molecule is CCc1ccccc1-c1cc2cc(NC(=O)CCC#N)ncc2c(N)n1. The molecule has 26 heavy (non-hydrogen) atoms. The van der Waals surface area contributed by atoms with Crippen molar-refractivity contribution in [2.75, 3.05) is 11.1 Å². The zero-order chi connectivity index (χ0) is 18.5. The van der Waals surface area contributed by atoms with E-state index >= 15 is 0 Å². The van der Waals surface area contributed by atoms with E-state index in [1.54, 1.807) is 12.3 Å². The molecule has 0 radical (unpaired) electrons. The topological polar surface area (TPSA) is 105 Å². The van der Waals surface area contributed by atoms with Crippen LogP contribution in [-0.4, -0.2) is 15.9 Å². The fraction of sp³-hybridized carbons (Fsp3) is 0.200. The van der Waals surface area contributed by atoms with Gasteiger partial charge in [-0.2, -0.15) is 5.26 Å². The Morgan fingerprint density at radius 1 is 1.31 bits per heavy atom. The molecule has 0 fully saturated rings. The predicted molar refractivity (Wildman–Crippen MR) is 102 cm³/mol. The van der Waals surface area contributed by atoms with Gasteiger partial charge in [0.25, 0.3) is 0 Å². The van der Waals surface area contributed by atoms with E-state index in [9.17, 15) is 4.79 Å². The largest absolute Gasteiger partial charge is 0.383 e. The summed E-state index contributed by atoms with van der Waals surface area (Å²) in [6.07, 6.45) is 2.82. The molecule has 0 aliphatic carbocycles. The van der Waals surface area contributed by atoms with Crippen molar-refractivity contribution in [1.82, 2.24) is 9.97 Å². The highest BCUT2D eigenvalue weighted by molar-refractivity contribution is 5.97. The number of nitrogen functional groups attached to an aromatic ring is 1. The maximum Gasteiger partial charge on any atom is 0.226 e. The smallest absolute Gasteiger partial charge is 0.226 e. The summed E-state index contributed by atoms with van der Waals surface area (Å²) in [7, 11) is 0. The van der Waals surface area contributed by atoms with Crippen LogP contribution in [0, 0.1) is 11.3 Å². The van der Waals surface area contributed by atoms with Gasteiger partial charge in [0.1, 0.15) is 11.6 Å². The monoisotopic (exact) mass is 345 g/mol. The first-order chi connectivity index (χ1) is 12.6. The van der Waals surface area contributed by atoms with Crippen molar-refractivity contribution in [3.8, 4) is 17.3 Å². The lowest BCUT2D eigenvalue weighted by Crippen LogP contribution is -2.12. The van der Waals surface area contributed by atoms with Crippen LogP contribution in [0.1, 0.15) is 25.3 Å². The Balaban J connectivity index is 2.01. The first-order valence-corrected chi connectivity index (χ1v) is 8.43. The van der Waals surface area contributed by atoms with Gasteiger partial charge in [0.2, 0.25) is 5.91 Å². The van der Waals surface area contributed by atoms with Crippen LogP contribution in [0.25, 0.3) is 22.0 Å². The zero-order valence-electron chi connectivity index (χ0n) is 14.5. The number of hydrogen-bond acceptors (Lipinski definition) is 5. The summed E-state index contributed by atoms with van der Waals surface area (Å²) < 4.78 is 0. The minimum absolute atomic E-state index is 0.143. The maximum atomic E-state index is 11.8. The van der Waals surface area contributed by atoms with Crippen molar-refractivity contribution >= 4 is 28.3 Å². The van der Waals surface area contributed by atoms with Crippen molar-refractivity contribution in [3.05, 3.63) is 48.2 Å². The summed E-state index contributed by atoms with van der Waals surface area (Å²) >= 11 is 0. The van der Waals surface area contributed by atoms with Gasteiger partial charge in [-0.05, 0) is 29.5 Å². The number of pyridine rings is 2. The molecule has 6 nitrogen and oxygen atoms in total. The van der Waals surface area contributed by atoms with Crippen LogP contribution in [0.15, 0.2) is 42.6 Å². The van der Waals surface area contributed by atoms with Crippen LogP contribution < -0.4 is 11.1 Å². The van der Waals surface area contributed by atoms with Gasteiger partial charge in [-0.25, -0.2) is 9.97 Å². The Bertz CT molecular complexity index is 1010. The molecule has 0 aliphatic rings. The molecule has 0 unspecified atom stereocenters. The number of aromatic nitrogens is 2. The Morgan fingerprint density at radius 3 is 2.88 bits per heavy atom. The number of anilines is 2. The van der Waals surface area contributed by atoms with E-state index in [0.29, 0.717) is 11.6 Å². The van der Waals surface area contributed by atoms with Crippen molar-refractivity contribution < 1.29 is 4.79 Å². The fourth-order valence-corrected chi connectivity index (χ4v) is 2.83. The molecule has 0 saturated carbocycles. The van der Waals surface area contributed by atoms with E-state index in [1.807, 2.05) is 30.3 Å². The van der Waals surface area contributed by atoms with Crippen LogP contribution in [-0.2, 0) is 11.2 Å². The minimum Gasteiger partial charge on any atom is -0.383 e. The highest BCUT2D eigenvalue weighted by atomic mass is 16.1. The van der Waals surface area contributed by atoms with E-state index < -0.39 is 0 Å². The second kappa shape index (κ2) is 7.62. The van der Waals surface area contributed by atoms with E-state index in [4.69, 9.17) is 11.0 Å². The number of amides is 1. The molecule has 0 saturated heterocycles. The third kappa shape index (κ3) is 3.62. The van der Waals surface area contributed by atoms with Gasteiger partial charge in [0.15, 0.2) is 0 Å². The number of hydrogen-bond donors (Lipinski definition) is 2. The van der Waals surface area contributed by atoms with Crippen LogP contribution in [0.5, 0.6) is 0 Å². The number of fused-ring (bicyclic) bond motifs is 1. The number of rotatable bonds is 5. The summed E-state index contributed by atoms with van der Waals surface area (Å²) in [6, 6.07) is 13.8. The lowest BCUT2D eigenvalue weighted by Gasteiger charge is -2.11. The third-order valence-corrected chi connectivity index (χ3v) is 4.15. The average Bonchev–Trinajstić information content (AvgIpc) is 2.66. The zero-order valence-corrected chi connectivity index (χ0v) is 14.5. The second-order valence-electron chi connectivity index (χ2n) is 5.90. The molecule has 0 spiro atoms. The molecule has 3 rings (SSSR count). The molecule has 0 atom stereocenters. The number of nitrogens with two attached hydrogens (primary N) is 1. The maximum absolute atomic E-state index is 11.8. The van der Waals surface area contributed by atoms with Crippen molar-refractivity contribution in [3.63, 3.8) is 0 Å². The fourth-order valence-electron chi connectivity index (χ4n) is 2.83. The quantitative estimate of drug-likeness (QED) is 0.734. The summed E-state index contributed by atoms with van der Waals surface area (Å²) in [4.78, 5) is 20.5. The highest BCUT2D eigenvalue weighted by Crippen LogP contribution is 2.29. The Hall–Kier alpha value is -3.46. The van der Waals surface area contributed by atoms with Gasteiger partial charge < -0.3 is 11.1 Å². The van der Waals surface area contributed by atoms with Crippen LogP contribution >= 0.6 is 0 Å². The normalized spacial score (nSPS) is 10.5. The molecular weight excluding hydrogens is 326 g/mol. The van der Waals surface area contributed by atoms with E-state index in [1.165, 1.54) is 5.56 Å². The first kappa shape index (κ1) is 17.4. The van der Waals surface area contributed by atoms with Gasteiger partial charge in [0.05, 0.1) is 11.8 Å². The number of carbonyl (C=O) groups excluding carboxylic acids is 1. The van der Waals surface area contributed by atoms with Gasteiger partial charge in [0, 0.05) is 30.0 Å². The third-order valence-electron chi connectivity index (χ3n) is 4.15. The molecule has 2 heterocycles. The number of nitrogens with one attached hydrogen (secondary N) is 1. The second-order valence-corrected chi connectivity index (χ2v) is 5.90. The first-order valence-electron chi connectivity index (χ1n) is 8.43. The predicted octanol–water partition coefficient (Wildman–Crippen LogP) is 3.68. The lowest BCUT2D eigenvalue weighted by molar-refractivity contribution is -0.116. The van der Waals surface area contributed by atoms with E-state index in [0.717, 1.165) is 28.5 Å². The summed E-state index contributed by atoms with van der Waals surface area (Å²) in [5, 5.41) is 12.9. The van der Waals surface area contributed by atoms with Crippen LogP contribution in [0.3, 0.4) is 0 Å². The van der Waals surface area contributed by atoms with E-state index in [-0.39, 0.29) is 18.7 Å². The van der Waals surface area contributed by atoms with Crippen LogP contribution in [0.4, 0.5) is 11.6 Å². The van der Waals surface area contributed by atoms with Crippen molar-refractivity contribution in [2.45, 2.75) is 26.2 Å². The van der Waals surface area contributed by atoms with Gasteiger partial charge in [-0.1, -0.05) is 31.2 Å². The molecule has 1 amide bonds. The molecule has 0 bridgehead atoms. The summed E-state index contributed by atoms with van der Waals surface area (Å²) in [5.74, 6) is 0.594. The standard InChI is InChI=1S/C20H19N5O/c1-2-13-6-3-4-7-15(13)17-10-14-11-18(25-19(26)8-5-9-21)23-12-16(14)20(22)24-17/h3-4,6-7,10-12H,2,5,8H2,1H3,(H2,22,24)(H,23,25,26). The van der Waals surface area contributed by atoms with Crippen LogP contribution in [0.2, 0.25) is 0 Å². The van der Waals surface area contributed by atoms with Gasteiger partial charge in [-0.15, -0.1) is 0 Å². The molecule has 0 aliphatic heterocycles. The number of nitrogens with zero attached hydrogens (tertiary/aromatic N) is 3. The Kier molecular flexibility index (Phi) is 5.09. The number of aryl methyl sites for hydroxylation is 1. The molecule has 3 N–H and O–H groups in total. The van der Waals surface area contributed by atoms with Gasteiger partial charge >= 0.3 is 0 Å². The number of benzene rings is 1. The molecule has 3 aromatic rings. The summed E-state index contributed by atoms with van der Waals surface area (Å²) in [6.45, 7) is 2.10. The molecular formula is C20H19N5O. The van der Waals surface area contributed by atoms with Crippen molar-refractivity contribution in [2.24, 2.45) is 0 Å². The average molecular weight is 345 g/mol. The molecule has 130 valence electrons. The molecule has 1 aromatic carbocycles. The Morgan fingerprint density at radius 2 is 2.12 bits per heavy atom.